The molecular formula is C19H20N6O2S2. The molecule has 1 atom stereocenters. The molecule has 1 aliphatic heterocycles. The number of nitrogens with one attached hydrogen (secondary N) is 1. The number of likely N-dealkylation sites (tertiary alicyclic amines) is 1. The van der Waals surface area contributed by atoms with Gasteiger partial charge in [-0.25, -0.2) is 15.0 Å². The van der Waals surface area contributed by atoms with Crippen LogP contribution in [0.25, 0.3) is 21.4 Å². The number of thiophene rings is 1. The minimum absolute atomic E-state index is 0.184. The molecule has 0 spiro atoms. The number of carbonyl (C=O) groups is 2. The number of aromatic nitrogens is 3. The van der Waals surface area contributed by atoms with Crippen LogP contribution in [0, 0.1) is 5.92 Å². The summed E-state index contributed by atoms with van der Waals surface area (Å²) in [5.74, 6) is 0.296. The number of nitrogens with two attached hydrogens (primary N) is 1. The molecule has 3 aromatic heterocycles. The number of piperidine rings is 1. The summed E-state index contributed by atoms with van der Waals surface area (Å²) in [6.07, 6.45) is 3.35. The summed E-state index contributed by atoms with van der Waals surface area (Å²) >= 11 is 3.01. The van der Waals surface area contributed by atoms with Crippen molar-refractivity contribution in [3.8, 4) is 21.4 Å². The molecule has 10 heteroatoms. The molecule has 3 N–H and O–H groups in total. The van der Waals surface area contributed by atoms with Crippen molar-refractivity contribution < 1.29 is 9.59 Å². The van der Waals surface area contributed by atoms with Crippen molar-refractivity contribution in [2.24, 2.45) is 11.7 Å². The van der Waals surface area contributed by atoms with E-state index in [2.05, 4.69) is 20.3 Å². The third-order valence-electron chi connectivity index (χ3n) is 4.66. The van der Waals surface area contributed by atoms with Gasteiger partial charge in [0.1, 0.15) is 16.5 Å². The first-order valence-electron chi connectivity index (χ1n) is 9.23. The summed E-state index contributed by atoms with van der Waals surface area (Å²) < 4.78 is 0. The van der Waals surface area contributed by atoms with Crippen LogP contribution in [0.2, 0.25) is 0 Å². The van der Waals surface area contributed by atoms with E-state index < -0.39 is 0 Å². The van der Waals surface area contributed by atoms with Gasteiger partial charge in [-0.15, -0.1) is 22.7 Å². The number of nitrogens with zero attached hydrogens (tertiary/aromatic N) is 4. The Morgan fingerprint density at radius 3 is 2.90 bits per heavy atom. The van der Waals surface area contributed by atoms with Crippen molar-refractivity contribution in [1.82, 2.24) is 19.9 Å². The monoisotopic (exact) mass is 428 g/mol. The fourth-order valence-corrected chi connectivity index (χ4v) is 4.56. The van der Waals surface area contributed by atoms with Gasteiger partial charge in [0.25, 0.3) is 0 Å². The van der Waals surface area contributed by atoms with Gasteiger partial charge in [0.15, 0.2) is 5.82 Å². The van der Waals surface area contributed by atoms with Crippen LogP contribution >= 0.6 is 22.7 Å². The number of hydrogen-bond acceptors (Lipinski definition) is 8. The largest absolute Gasteiger partial charge is 0.369 e. The van der Waals surface area contributed by atoms with Gasteiger partial charge in [0.05, 0.1) is 17.3 Å². The highest BCUT2D eigenvalue weighted by molar-refractivity contribution is 7.13. The summed E-state index contributed by atoms with van der Waals surface area (Å²) in [4.78, 5) is 40.4. The Morgan fingerprint density at radius 1 is 1.28 bits per heavy atom. The summed E-state index contributed by atoms with van der Waals surface area (Å²) in [6, 6.07) is 5.61. The van der Waals surface area contributed by atoms with E-state index in [1.54, 1.807) is 12.3 Å². The molecule has 4 heterocycles. The Labute approximate surface area is 175 Å². The van der Waals surface area contributed by atoms with Gasteiger partial charge in [0, 0.05) is 24.2 Å². The summed E-state index contributed by atoms with van der Waals surface area (Å²) in [7, 11) is 0. The zero-order valence-corrected chi connectivity index (χ0v) is 17.2. The lowest BCUT2D eigenvalue weighted by Gasteiger charge is -2.30. The van der Waals surface area contributed by atoms with Crippen LogP contribution in [0.5, 0.6) is 0 Å². The van der Waals surface area contributed by atoms with Crippen molar-refractivity contribution in [1.29, 1.82) is 0 Å². The lowest BCUT2D eigenvalue weighted by Crippen LogP contribution is -2.44. The van der Waals surface area contributed by atoms with E-state index in [-0.39, 0.29) is 24.3 Å². The van der Waals surface area contributed by atoms with Crippen LogP contribution in [0.15, 0.2) is 35.2 Å². The van der Waals surface area contributed by atoms with Crippen molar-refractivity contribution in [3.63, 3.8) is 0 Å². The van der Waals surface area contributed by atoms with Gasteiger partial charge in [-0.05, 0) is 30.8 Å². The Hall–Kier alpha value is -2.69. The van der Waals surface area contributed by atoms with Crippen LogP contribution < -0.4 is 11.1 Å². The van der Waals surface area contributed by atoms with Gasteiger partial charge in [-0.2, -0.15) is 0 Å². The fourth-order valence-electron chi connectivity index (χ4n) is 3.30. The van der Waals surface area contributed by atoms with Crippen LogP contribution in [0.3, 0.4) is 0 Å². The molecule has 1 unspecified atom stereocenters. The van der Waals surface area contributed by atoms with Gasteiger partial charge in [-0.3, -0.25) is 14.5 Å². The number of anilines is 1. The molecular weight excluding hydrogens is 408 g/mol. The first-order chi connectivity index (χ1) is 14.1. The Bertz CT molecular complexity index is 938. The quantitative estimate of drug-likeness (QED) is 0.623. The van der Waals surface area contributed by atoms with Gasteiger partial charge < -0.3 is 11.1 Å². The summed E-state index contributed by atoms with van der Waals surface area (Å²) in [5, 5.41) is 7.47. The van der Waals surface area contributed by atoms with Crippen molar-refractivity contribution >= 4 is 40.3 Å². The maximum atomic E-state index is 12.6. The van der Waals surface area contributed by atoms with E-state index in [0.29, 0.717) is 23.9 Å². The number of primary amides is 1. The van der Waals surface area contributed by atoms with Crippen LogP contribution in [0.1, 0.15) is 12.8 Å². The van der Waals surface area contributed by atoms with Gasteiger partial charge >= 0.3 is 0 Å². The number of thiazole rings is 1. The van der Waals surface area contributed by atoms with Gasteiger partial charge in [-0.1, -0.05) is 6.07 Å². The molecule has 3 aromatic rings. The van der Waals surface area contributed by atoms with Crippen molar-refractivity contribution in [2.45, 2.75) is 12.8 Å². The average molecular weight is 429 g/mol. The fraction of sp³-hybridized carbons (Fsp3) is 0.316. The molecule has 0 aliphatic carbocycles. The third-order valence-corrected chi connectivity index (χ3v) is 6.32. The maximum Gasteiger partial charge on any atom is 0.239 e. The van der Waals surface area contributed by atoms with E-state index in [4.69, 9.17) is 5.73 Å². The molecule has 8 nitrogen and oxygen atoms in total. The Balaban J connectivity index is 1.51. The topological polar surface area (TPSA) is 114 Å². The molecule has 2 amide bonds. The minimum atomic E-state index is -0.306. The smallest absolute Gasteiger partial charge is 0.239 e. The molecule has 0 radical (unpaired) electrons. The number of amides is 2. The van der Waals surface area contributed by atoms with Crippen molar-refractivity contribution in [3.05, 3.63) is 35.2 Å². The average Bonchev–Trinajstić information content (AvgIpc) is 3.42. The second kappa shape index (κ2) is 8.76. The highest BCUT2D eigenvalue weighted by Crippen LogP contribution is 2.28. The predicted octanol–water partition coefficient (Wildman–Crippen LogP) is 2.46. The summed E-state index contributed by atoms with van der Waals surface area (Å²) in [5.41, 5.74) is 6.09. The lowest BCUT2D eigenvalue weighted by molar-refractivity contribution is -0.125. The Morgan fingerprint density at radius 2 is 2.17 bits per heavy atom. The van der Waals surface area contributed by atoms with E-state index >= 15 is 0 Å². The van der Waals surface area contributed by atoms with E-state index in [9.17, 15) is 9.59 Å². The second-order valence-electron chi connectivity index (χ2n) is 6.80. The van der Waals surface area contributed by atoms with Crippen molar-refractivity contribution in [2.75, 3.05) is 25.0 Å². The van der Waals surface area contributed by atoms with Crippen LogP contribution in [-0.4, -0.2) is 51.3 Å². The molecule has 4 rings (SSSR count). The van der Waals surface area contributed by atoms with Crippen LogP contribution in [-0.2, 0) is 9.59 Å². The molecule has 0 aromatic carbocycles. The second-order valence-corrected chi connectivity index (χ2v) is 8.64. The first kappa shape index (κ1) is 19.6. The predicted molar refractivity (Wildman–Crippen MR) is 113 cm³/mol. The standard InChI is InChI=1S/C19H20N6O2S2/c20-17(27)12-3-1-6-25(10-12)11-16(26)23-15-9-13(19-21-5-8-29-19)22-18(24-15)14-4-2-7-28-14/h2,4-5,7-9,12H,1,3,6,10-11H2,(H2,20,27)(H,22,23,24,26). The molecule has 29 heavy (non-hydrogen) atoms. The van der Waals surface area contributed by atoms with Gasteiger partial charge in [0.2, 0.25) is 11.8 Å². The maximum absolute atomic E-state index is 12.6. The SMILES string of the molecule is NC(=O)C1CCCN(CC(=O)Nc2cc(-c3nccs3)nc(-c3cccs3)n2)C1. The molecule has 150 valence electrons. The van der Waals surface area contributed by atoms with E-state index in [1.165, 1.54) is 22.7 Å². The number of rotatable bonds is 6. The Kier molecular flexibility index (Phi) is 5.93. The number of hydrogen-bond donors (Lipinski definition) is 2. The number of carbonyl (C=O) groups excluding carboxylic acids is 2. The zero-order valence-electron chi connectivity index (χ0n) is 15.6. The molecule has 0 bridgehead atoms. The highest BCUT2D eigenvalue weighted by Gasteiger charge is 2.25. The summed E-state index contributed by atoms with van der Waals surface area (Å²) in [6.45, 7) is 1.47. The zero-order chi connectivity index (χ0) is 20.2. The van der Waals surface area contributed by atoms with Crippen LogP contribution in [0.4, 0.5) is 5.82 Å². The molecule has 1 fully saturated rings. The molecule has 1 aliphatic rings. The molecule has 1 saturated heterocycles. The first-order valence-corrected chi connectivity index (χ1v) is 11.0. The minimum Gasteiger partial charge on any atom is -0.369 e. The lowest BCUT2D eigenvalue weighted by atomic mass is 9.97. The van der Waals surface area contributed by atoms with E-state index in [1.807, 2.05) is 27.8 Å². The molecule has 0 saturated carbocycles. The third kappa shape index (κ3) is 4.84. The van der Waals surface area contributed by atoms with E-state index in [0.717, 1.165) is 29.3 Å². The normalized spacial score (nSPS) is 17.2. The highest BCUT2D eigenvalue weighted by atomic mass is 32.1.